The minimum atomic E-state index is 0.126. The molecule has 1 saturated heterocycles. The first-order valence-corrected chi connectivity index (χ1v) is 11.1. The van der Waals surface area contributed by atoms with Crippen LogP contribution in [0.25, 0.3) is 22.5 Å². The third-order valence-corrected chi connectivity index (χ3v) is 6.59. The molecule has 1 saturated carbocycles. The lowest BCUT2D eigenvalue weighted by Crippen LogP contribution is -2.53. The Morgan fingerprint density at radius 2 is 1.97 bits per heavy atom. The van der Waals surface area contributed by atoms with Crippen molar-refractivity contribution < 1.29 is 9.84 Å². The number of anilines is 1. The minimum Gasteiger partial charge on any atom is -0.507 e. The van der Waals surface area contributed by atoms with Crippen molar-refractivity contribution >= 4 is 5.82 Å². The van der Waals surface area contributed by atoms with E-state index >= 15 is 0 Å². The van der Waals surface area contributed by atoms with Gasteiger partial charge in [-0.25, -0.2) is 9.97 Å². The lowest BCUT2D eigenvalue weighted by atomic mass is 9.78. The SMILES string of the molecule is COc1cc(-c2ccc(-c3ccc(N4CCC(NC5(C)CCC5)C4)nn3)c(O)c2)ncn1. The largest absolute Gasteiger partial charge is 0.507 e. The van der Waals surface area contributed by atoms with E-state index in [1.54, 1.807) is 19.2 Å². The van der Waals surface area contributed by atoms with Crippen LogP contribution in [0.15, 0.2) is 42.7 Å². The zero-order chi connectivity index (χ0) is 22.1. The van der Waals surface area contributed by atoms with E-state index in [0.717, 1.165) is 30.9 Å². The second-order valence-corrected chi connectivity index (χ2v) is 8.94. The number of benzene rings is 1. The van der Waals surface area contributed by atoms with Gasteiger partial charge in [0.1, 0.15) is 12.1 Å². The van der Waals surface area contributed by atoms with Gasteiger partial charge in [-0.2, -0.15) is 0 Å². The van der Waals surface area contributed by atoms with E-state index in [2.05, 4.69) is 37.3 Å². The lowest BCUT2D eigenvalue weighted by molar-refractivity contribution is 0.189. The molecule has 3 aromatic rings. The van der Waals surface area contributed by atoms with E-state index in [1.165, 1.54) is 25.6 Å². The van der Waals surface area contributed by atoms with Gasteiger partial charge in [-0.05, 0) is 56.9 Å². The molecule has 3 heterocycles. The summed E-state index contributed by atoms with van der Waals surface area (Å²) in [6, 6.07) is 11.5. The van der Waals surface area contributed by atoms with Crippen molar-refractivity contribution in [3.05, 3.63) is 42.7 Å². The van der Waals surface area contributed by atoms with Crippen molar-refractivity contribution in [1.29, 1.82) is 0 Å². The van der Waals surface area contributed by atoms with Gasteiger partial charge in [-0.1, -0.05) is 6.07 Å². The minimum absolute atomic E-state index is 0.126. The molecule has 0 amide bonds. The zero-order valence-corrected chi connectivity index (χ0v) is 18.5. The number of nitrogens with one attached hydrogen (secondary N) is 1. The molecular weight excluding hydrogens is 404 g/mol. The van der Waals surface area contributed by atoms with E-state index < -0.39 is 0 Å². The Morgan fingerprint density at radius 3 is 2.66 bits per heavy atom. The number of phenols is 1. The van der Waals surface area contributed by atoms with Crippen LogP contribution >= 0.6 is 0 Å². The van der Waals surface area contributed by atoms with Crippen molar-refractivity contribution in [2.45, 2.75) is 44.2 Å². The molecule has 2 aliphatic rings. The van der Waals surface area contributed by atoms with Gasteiger partial charge in [0, 0.05) is 41.9 Å². The fourth-order valence-corrected chi connectivity index (χ4v) is 4.58. The Kier molecular flexibility index (Phi) is 5.38. The summed E-state index contributed by atoms with van der Waals surface area (Å²) in [6.07, 6.45) is 6.42. The maximum Gasteiger partial charge on any atom is 0.216 e. The van der Waals surface area contributed by atoms with E-state index in [4.69, 9.17) is 4.74 Å². The summed E-state index contributed by atoms with van der Waals surface area (Å²) in [6.45, 7) is 4.25. The average Bonchev–Trinajstić information content (AvgIpc) is 3.26. The van der Waals surface area contributed by atoms with Crippen molar-refractivity contribution in [3.8, 4) is 34.1 Å². The topological polar surface area (TPSA) is 96.3 Å². The molecule has 8 nitrogen and oxygen atoms in total. The molecule has 0 spiro atoms. The number of phenolic OH excluding ortho intramolecular Hbond substituents is 1. The summed E-state index contributed by atoms with van der Waals surface area (Å²) in [5.74, 6) is 1.48. The standard InChI is InChI=1S/C24H28N6O2/c1-24(9-3-10-24)27-17-8-11-30(14-17)22-7-6-19(28-29-22)18-5-4-16(12-21(18)31)20-13-23(32-2)26-15-25-20/h4-7,12-13,15,17,27,31H,3,8-11,14H2,1-2H3. The van der Waals surface area contributed by atoms with Crippen LogP contribution < -0.4 is 15.0 Å². The molecule has 0 radical (unpaired) electrons. The summed E-state index contributed by atoms with van der Waals surface area (Å²) < 4.78 is 5.15. The second kappa shape index (κ2) is 8.35. The normalized spacial score (nSPS) is 19.6. The fraction of sp³-hybridized carbons (Fsp3) is 0.417. The van der Waals surface area contributed by atoms with Crippen LogP contribution in [0.5, 0.6) is 11.6 Å². The Balaban J connectivity index is 1.29. The van der Waals surface area contributed by atoms with Crippen LogP contribution in [-0.2, 0) is 0 Å². The molecule has 1 unspecified atom stereocenters. The average molecular weight is 433 g/mol. The highest BCUT2D eigenvalue weighted by Gasteiger charge is 2.35. The summed E-state index contributed by atoms with van der Waals surface area (Å²) in [7, 11) is 1.56. The fourth-order valence-electron chi connectivity index (χ4n) is 4.58. The number of hydrogen-bond donors (Lipinski definition) is 2. The molecule has 1 atom stereocenters. The number of aromatic nitrogens is 4. The molecule has 5 rings (SSSR count). The van der Waals surface area contributed by atoms with Gasteiger partial charge in [0.05, 0.1) is 18.5 Å². The smallest absolute Gasteiger partial charge is 0.216 e. The molecule has 8 heteroatoms. The molecule has 1 aliphatic heterocycles. The predicted molar refractivity (Wildman–Crippen MR) is 123 cm³/mol. The van der Waals surface area contributed by atoms with Gasteiger partial charge in [0.25, 0.3) is 0 Å². The maximum absolute atomic E-state index is 10.6. The first-order chi connectivity index (χ1) is 15.5. The molecule has 2 fully saturated rings. The van der Waals surface area contributed by atoms with Gasteiger partial charge in [0.2, 0.25) is 5.88 Å². The van der Waals surface area contributed by atoms with Crippen LogP contribution in [-0.4, -0.2) is 57.1 Å². The van der Waals surface area contributed by atoms with E-state index in [0.29, 0.717) is 34.4 Å². The molecular formula is C24H28N6O2. The third kappa shape index (κ3) is 4.10. The van der Waals surface area contributed by atoms with Crippen molar-refractivity contribution in [2.75, 3.05) is 25.1 Å². The first-order valence-electron chi connectivity index (χ1n) is 11.1. The summed E-state index contributed by atoms with van der Waals surface area (Å²) in [5, 5.41) is 23.3. The molecule has 2 aromatic heterocycles. The van der Waals surface area contributed by atoms with Crippen LogP contribution in [0.2, 0.25) is 0 Å². The summed E-state index contributed by atoms with van der Waals surface area (Å²) in [5.41, 5.74) is 3.03. The number of methoxy groups -OCH3 is 1. The van der Waals surface area contributed by atoms with Gasteiger partial charge >= 0.3 is 0 Å². The Hall–Kier alpha value is -3.26. The lowest BCUT2D eigenvalue weighted by Gasteiger charge is -2.41. The number of ether oxygens (including phenoxy) is 1. The Morgan fingerprint density at radius 1 is 1.09 bits per heavy atom. The monoisotopic (exact) mass is 432 g/mol. The molecule has 1 aliphatic carbocycles. The summed E-state index contributed by atoms with van der Waals surface area (Å²) >= 11 is 0. The summed E-state index contributed by atoms with van der Waals surface area (Å²) in [4.78, 5) is 10.6. The van der Waals surface area contributed by atoms with Crippen molar-refractivity contribution in [1.82, 2.24) is 25.5 Å². The first kappa shape index (κ1) is 20.6. The number of rotatable bonds is 6. The van der Waals surface area contributed by atoms with Gasteiger partial charge < -0.3 is 20.1 Å². The molecule has 166 valence electrons. The third-order valence-electron chi connectivity index (χ3n) is 6.59. The predicted octanol–water partition coefficient (Wildman–Crippen LogP) is 3.43. The number of nitrogens with zero attached hydrogens (tertiary/aromatic N) is 5. The number of hydrogen-bond acceptors (Lipinski definition) is 8. The second-order valence-electron chi connectivity index (χ2n) is 8.94. The van der Waals surface area contributed by atoms with Gasteiger partial charge in [0.15, 0.2) is 5.82 Å². The molecule has 2 N–H and O–H groups in total. The van der Waals surface area contributed by atoms with Crippen molar-refractivity contribution in [3.63, 3.8) is 0 Å². The number of aromatic hydroxyl groups is 1. The quantitative estimate of drug-likeness (QED) is 0.612. The van der Waals surface area contributed by atoms with Crippen LogP contribution in [0.4, 0.5) is 5.82 Å². The van der Waals surface area contributed by atoms with E-state index in [9.17, 15) is 5.11 Å². The molecule has 32 heavy (non-hydrogen) atoms. The maximum atomic E-state index is 10.6. The van der Waals surface area contributed by atoms with Gasteiger partial charge in [-0.15, -0.1) is 10.2 Å². The highest BCUT2D eigenvalue weighted by atomic mass is 16.5. The van der Waals surface area contributed by atoms with Crippen LogP contribution in [0.1, 0.15) is 32.6 Å². The van der Waals surface area contributed by atoms with Gasteiger partial charge in [-0.3, -0.25) is 0 Å². The van der Waals surface area contributed by atoms with Crippen LogP contribution in [0.3, 0.4) is 0 Å². The molecule has 0 bridgehead atoms. The zero-order valence-electron chi connectivity index (χ0n) is 18.5. The Bertz CT molecular complexity index is 1100. The highest BCUT2D eigenvalue weighted by Crippen LogP contribution is 2.34. The van der Waals surface area contributed by atoms with Crippen LogP contribution in [0, 0.1) is 0 Å². The van der Waals surface area contributed by atoms with Crippen molar-refractivity contribution in [2.24, 2.45) is 0 Å². The van der Waals surface area contributed by atoms with E-state index in [-0.39, 0.29) is 5.75 Å². The highest BCUT2D eigenvalue weighted by molar-refractivity contribution is 5.73. The van der Waals surface area contributed by atoms with E-state index in [1.807, 2.05) is 24.3 Å². The Labute approximate surface area is 187 Å². The molecule has 1 aromatic carbocycles.